The molecule has 0 radical (unpaired) electrons. The number of H-pyrrole nitrogens is 1. The Hall–Kier alpha value is -2.56. The molecule has 0 fully saturated rings. The van der Waals surface area contributed by atoms with Crippen LogP contribution in [0.1, 0.15) is 0 Å². The number of aromatic amines is 1. The first-order valence-electron chi connectivity index (χ1n) is 5.75. The second kappa shape index (κ2) is 3.47. The predicted octanol–water partition coefficient (Wildman–Crippen LogP) is 3.54. The van der Waals surface area contributed by atoms with Crippen LogP contribution in [-0.4, -0.2) is 15.0 Å². The summed E-state index contributed by atoms with van der Waals surface area (Å²) < 4.78 is 26.4. The standard InChI is InChI=1S/C14H7F2N3/c15-8-5-11-12(6-9(8)16)19-14-13(17-11)7-3-1-2-4-10(7)18-14/h1-6H,(H,18,19). The Morgan fingerprint density at radius 1 is 0.895 bits per heavy atom. The maximum Gasteiger partial charge on any atom is 0.161 e. The van der Waals surface area contributed by atoms with Gasteiger partial charge in [-0.05, 0) is 6.07 Å². The zero-order valence-corrected chi connectivity index (χ0v) is 9.61. The van der Waals surface area contributed by atoms with Crippen LogP contribution in [0.25, 0.3) is 33.1 Å². The van der Waals surface area contributed by atoms with Gasteiger partial charge in [-0.3, -0.25) is 0 Å². The number of halogens is 2. The summed E-state index contributed by atoms with van der Waals surface area (Å²) in [6.45, 7) is 0. The van der Waals surface area contributed by atoms with E-state index in [0.29, 0.717) is 22.2 Å². The van der Waals surface area contributed by atoms with Crippen molar-refractivity contribution in [1.29, 1.82) is 0 Å². The Kier molecular flexibility index (Phi) is 1.90. The number of hydrogen-bond acceptors (Lipinski definition) is 2. The highest BCUT2D eigenvalue weighted by molar-refractivity contribution is 6.05. The molecule has 0 amide bonds. The van der Waals surface area contributed by atoms with Gasteiger partial charge in [0.15, 0.2) is 17.3 Å². The van der Waals surface area contributed by atoms with Gasteiger partial charge in [-0.2, -0.15) is 0 Å². The zero-order valence-electron chi connectivity index (χ0n) is 9.61. The molecule has 0 aliphatic carbocycles. The van der Waals surface area contributed by atoms with Gasteiger partial charge >= 0.3 is 0 Å². The molecule has 0 saturated heterocycles. The third-order valence-electron chi connectivity index (χ3n) is 3.14. The minimum atomic E-state index is -0.919. The van der Waals surface area contributed by atoms with Crippen molar-refractivity contribution in [2.75, 3.05) is 0 Å². The van der Waals surface area contributed by atoms with E-state index in [0.717, 1.165) is 23.0 Å². The summed E-state index contributed by atoms with van der Waals surface area (Å²) >= 11 is 0. The lowest BCUT2D eigenvalue weighted by Gasteiger charge is -1.98. The minimum absolute atomic E-state index is 0.331. The molecular formula is C14H7F2N3. The normalized spacial score (nSPS) is 11.7. The van der Waals surface area contributed by atoms with Gasteiger partial charge in [-0.1, -0.05) is 18.2 Å². The number of benzene rings is 2. The van der Waals surface area contributed by atoms with E-state index in [9.17, 15) is 8.78 Å². The lowest BCUT2D eigenvalue weighted by Crippen LogP contribution is -1.90. The van der Waals surface area contributed by atoms with Crippen molar-refractivity contribution in [2.45, 2.75) is 0 Å². The van der Waals surface area contributed by atoms with Crippen LogP contribution in [0.15, 0.2) is 36.4 Å². The third kappa shape index (κ3) is 1.41. The van der Waals surface area contributed by atoms with E-state index in [1.807, 2.05) is 24.3 Å². The molecule has 0 saturated carbocycles. The van der Waals surface area contributed by atoms with Crippen LogP contribution >= 0.6 is 0 Å². The van der Waals surface area contributed by atoms with E-state index >= 15 is 0 Å². The molecule has 4 rings (SSSR count). The highest BCUT2D eigenvalue weighted by Crippen LogP contribution is 2.25. The Bertz CT molecular complexity index is 944. The summed E-state index contributed by atoms with van der Waals surface area (Å²) in [5.74, 6) is -1.83. The smallest absolute Gasteiger partial charge is 0.161 e. The Balaban J connectivity index is 2.21. The number of para-hydroxylation sites is 1. The van der Waals surface area contributed by atoms with Crippen molar-refractivity contribution in [3.05, 3.63) is 48.0 Å². The molecule has 0 aliphatic rings. The summed E-state index contributed by atoms with van der Waals surface area (Å²) in [4.78, 5) is 11.8. The quantitative estimate of drug-likeness (QED) is 0.522. The number of nitrogens with one attached hydrogen (secondary N) is 1. The fourth-order valence-electron chi connectivity index (χ4n) is 2.25. The predicted molar refractivity (Wildman–Crippen MR) is 68.8 cm³/mol. The Morgan fingerprint density at radius 3 is 2.37 bits per heavy atom. The monoisotopic (exact) mass is 255 g/mol. The van der Waals surface area contributed by atoms with E-state index < -0.39 is 11.6 Å². The number of hydrogen-bond donors (Lipinski definition) is 1. The van der Waals surface area contributed by atoms with Crippen LogP contribution in [0.4, 0.5) is 8.78 Å². The molecule has 92 valence electrons. The maximum absolute atomic E-state index is 13.2. The first kappa shape index (κ1) is 10.4. The molecule has 2 heterocycles. The lowest BCUT2D eigenvalue weighted by atomic mass is 10.2. The first-order chi connectivity index (χ1) is 9.22. The molecule has 1 N–H and O–H groups in total. The average molecular weight is 255 g/mol. The van der Waals surface area contributed by atoms with Gasteiger partial charge in [0.25, 0.3) is 0 Å². The lowest BCUT2D eigenvalue weighted by molar-refractivity contribution is 0.510. The Labute approximate surface area is 105 Å². The second-order valence-corrected chi connectivity index (χ2v) is 4.35. The van der Waals surface area contributed by atoms with Crippen molar-refractivity contribution in [3.63, 3.8) is 0 Å². The molecule has 0 bridgehead atoms. The number of nitrogens with zero attached hydrogens (tertiary/aromatic N) is 2. The number of aromatic nitrogens is 3. The molecule has 3 nitrogen and oxygen atoms in total. The SMILES string of the molecule is Fc1cc2nc3[nH]c4ccccc4c3nc2cc1F. The number of fused-ring (bicyclic) bond motifs is 4. The highest BCUT2D eigenvalue weighted by Gasteiger charge is 2.11. The minimum Gasteiger partial charge on any atom is -0.338 e. The topological polar surface area (TPSA) is 41.6 Å². The molecular weight excluding hydrogens is 248 g/mol. The molecule has 19 heavy (non-hydrogen) atoms. The van der Waals surface area contributed by atoms with E-state index in [-0.39, 0.29) is 0 Å². The second-order valence-electron chi connectivity index (χ2n) is 4.35. The van der Waals surface area contributed by atoms with Crippen LogP contribution in [-0.2, 0) is 0 Å². The molecule has 0 spiro atoms. The van der Waals surface area contributed by atoms with Crippen LogP contribution in [0.3, 0.4) is 0 Å². The van der Waals surface area contributed by atoms with Crippen molar-refractivity contribution in [1.82, 2.24) is 15.0 Å². The highest BCUT2D eigenvalue weighted by atomic mass is 19.2. The molecule has 2 aromatic heterocycles. The first-order valence-corrected chi connectivity index (χ1v) is 5.75. The van der Waals surface area contributed by atoms with Crippen molar-refractivity contribution >= 4 is 33.1 Å². The number of rotatable bonds is 0. The van der Waals surface area contributed by atoms with Crippen LogP contribution in [0.5, 0.6) is 0 Å². The maximum atomic E-state index is 13.2. The van der Waals surface area contributed by atoms with Crippen molar-refractivity contribution < 1.29 is 8.78 Å². The molecule has 0 aliphatic heterocycles. The summed E-state index contributed by atoms with van der Waals surface area (Å²) in [6, 6.07) is 9.74. The fraction of sp³-hybridized carbons (Fsp3) is 0. The third-order valence-corrected chi connectivity index (χ3v) is 3.14. The van der Waals surface area contributed by atoms with E-state index in [1.54, 1.807) is 0 Å². The fourth-order valence-corrected chi connectivity index (χ4v) is 2.25. The van der Waals surface area contributed by atoms with Gasteiger partial charge < -0.3 is 4.98 Å². The van der Waals surface area contributed by atoms with Crippen LogP contribution in [0, 0.1) is 11.6 Å². The molecule has 0 unspecified atom stereocenters. The van der Waals surface area contributed by atoms with Crippen molar-refractivity contribution in [3.8, 4) is 0 Å². The van der Waals surface area contributed by atoms with Gasteiger partial charge in [-0.15, -0.1) is 0 Å². The molecule has 5 heteroatoms. The van der Waals surface area contributed by atoms with Gasteiger partial charge in [0.2, 0.25) is 0 Å². The summed E-state index contributed by atoms with van der Waals surface area (Å²) in [6.07, 6.45) is 0. The van der Waals surface area contributed by atoms with E-state index in [2.05, 4.69) is 15.0 Å². The Morgan fingerprint density at radius 2 is 1.58 bits per heavy atom. The average Bonchev–Trinajstić information content (AvgIpc) is 2.75. The summed E-state index contributed by atoms with van der Waals surface area (Å²) in [5.41, 5.74) is 2.80. The van der Waals surface area contributed by atoms with Crippen molar-refractivity contribution in [2.24, 2.45) is 0 Å². The zero-order chi connectivity index (χ0) is 13.0. The summed E-state index contributed by atoms with van der Waals surface area (Å²) in [5, 5.41) is 0.914. The molecule has 2 aromatic carbocycles. The van der Waals surface area contributed by atoms with Gasteiger partial charge in [0, 0.05) is 23.0 Å². The largest absolute Gasteiger partial charge is 0.338 e. The van der Waals surface area contributed by atoms with Gasteiger partial charge in [0.05, 0.1) is 11.0 Å². The van der Waals surface area contributed by atoms with Gasteiger partial charge in [-0.25, -0.2) is 18.7 Å². The van der Waals surface area contributed by atoms with Crippen LogP contribution in [0.2, 0.25) is 0 Å². The van der Waals surface area contributed by atoms with E-state index in [1.165, 1.54) is 0 Å². The summed E-state index contributed by atoms with van der Waals surface area (Å²) in [7, 11) is 0. The van der Waals surface area contributed by atoms with Crippen LogP contribution < -0.4 is 0 Å². The molecule has 4 aromatic rings. The van der Waals surface area contributed by atoms with Gasteiger partial charge in [0.1, 0.15) is 5.52 Å². The molecule has 0 atom stereocenters. The van der Waals surface area contributed by atoms with E-state index in [4.69, 9.17) is 0 Å².